The van der Waals surface area contributed by atoms with E-state index < -0.39 is 23.2 Å². The number of rotatable bonds is 2. The van der Waals surface area contributed by atoms with E-state index in [0.717, 1.165) is 0 Å². The summed E-state index contributed by atoms with van der Waals surface area (Å²) in [5.74, 6) is -0.894. The Morgan fingerprint density at radius 1 is 1.32 bits per heavy atom. The molecule has 1 aromatic heterocycles. The largest absolute Gasteiger partial charge is 0.465 e. The molecule has 2 aliphatic heterocycles. The highest BCUT2D eigenvalue weighted by molar-refractivity contribution is 5.67. The van der Waals surface area contributed by atoms with Crippen molar-refractivity contribution >= 4 is 11.9 Å². The lowest BCUT2D eigenvalue weighted by atomic mass is 9.72. The zero-order valence-corrected chi connectivity index (χ0v) is 17.5. The maximum atomic E-state index is 15.0. The number of carboxylic acid groups (broad SMARTS) is 1. The number of pyridine rings is 1. The van der Waals surface area contributed by atoms with Crippen molar-refractivity contribution in [1.82, 2.24) is 9.88 Å². The molecule has 0 radical (unpaired) electrons. The van der Waals surface area contributed by atoms with E-state index in [9.17, 15) is 14.3 Å². The van der Waals surface area contributed by atoms with Gasteiger partial charge in [0.1, 0.15) is 6.10 Å². The minimum Gasteiger partial charge on any atom is -0.465 e. The number of nitrogens with zero attached hydrogens (tertiary/aromatic N) is 3. The normalized spacial score (nSPS) is 27.9. The van der Waals surface area contributed by atoms with Gasteiger partial charge in [0, 0.05) is 31.4 Å². The molecule has 3 rings (SSSR count). The third kappa shape index (κ3) is 3.67. The van der Waals surface area contributed by atoms with Crippen LogP contribution in [0.2, 0.25) is 0 Å². The summed E-state index contributed by atoms with van der Waals surface area (Å²) in [5, 5.41) is 9.64. The molecule has 2 aliphatic rings. The van der Waals surface area contributed by atoms with E-state index in [-0.39, 0.29) is 17.3 Å². The van der Waals surface area contributed by atoms with Gasteiger partial charge in [0.2, 0.25) is 0 Å². The number of ether oxygens (including phenoxy) is 2. The Balaban J connectivity index is 1.85. The maximum absolute atomic E-state index is 15.0. The second-order valence-electron chi connectivity index (χ2n) is 9.27. The molecule has 1 aromatic rings. The fourth-order valence-electron chi connectivity index (χ4n) is 3.84. The molecule has 0 aromatic carbocycles. The topological polar surface area (TPSA) is 75.1 Å². The van der Waals surface area contributed by atoms with Gasteiger partial charge >= 0.3 is 6.09 Å². The molecule has 156 valence electrons. The van der Waals surface area contributed by atoms with Gasteiger partial charge in [-0.15, -0.1) is 0 Å². The van der Waals surface area contributed by atoms with Crippen molar-refractivity contribution < 1.29 is 23.8 Å². The monoisotopic (exact) mass is 395 g/mol. The molecular weight excluding hydrogens is 365 g/mol. The molecule has 28 heavy (non-hydrogen) atoms. The SMILES string of the molecule is CC1(C)OC[C@H](c2cnc(N3CCN(C(=O)O)[C@@](C)(C(C)(C)C)C3)c(F)c2)O1. The van der Waals surface area contributed by atoms with Crippen molar-refractivity contribution in [2.45, 2.75) is 59.0 Å². The van der Waals surface area contributed by atoms with Gasteiger partial charge in [-0.05, 0) is 32.3 Å². The van der Waals surface area contributed by atoms with Crippen LogP contribution >= 0.6 is 0 Å². The summed E-state index contributed by atoms with van der Waals surface area (Å²) >= 11 is 0. The first-order valence-corrected chi connectivity index (χ1v) is 9.57. The van der Waals surface area contributed by atoms with Crippen LogP contribution in [0.15, 0.2) is 12.3 Å². The van der Waals surface area contributed by atoms with Crippen molar-refractivity contribution in [1.29, 1.82) is 0 Å². The lowest BCUT2D eigenvalue weighted by Crippen LogP contribution is -2.67. The summed E-state index contributed by atoms with van der Waals surface area (Å²) in [6.45, 7) is 12.9. The summed E-state index contributed by atoms with van der Waals surface area (Å²) < 4.78 is 26.3. The average Bonchev–Trinajstić information content (AvgIpc) is 2.93. The third-order valence-electron chi connectivity index (χ3n) is 6.06. The average molecular weight is 395 g/mol. The van der Waals surface area contributed by atoms with E-state index in [4.69, 9.17) is 9.47 Å². The van der Waals surface area contributed by atoms with Crippen LogP contribution in [0.5, 0.6) is 0 Å². The van der Waals surface area contributed by atoms with E-state index in [2.05, 4.69) is 4.98 Å². The Hall–Kier alpha value is -1.93. The minimum absolute atomic E-state index is 0.238. The fourth-order valence-corrected chi connectivity index (χ4v) is 3.84. The van der Waals surface area contributed by atoms with Gasteiger partial charge in [-0.25, -0.2) is 14.2 Å². The van der Waals surface area contributed by atoms with Crippen LogP contribution in [-0.4, -0.2) is 58.7 Å². The van der Waals surface area contributed by atoms with Gasteiger partial charge in [0.25, 0.3) is 0 Å². The number of carbonyl (C=O) groups is 1. The molecule has 0 aliphatic carbocycles. The molecular formula is C20H30FN3O4. The van der Waals surface area contributed by atoms with Crippen LogP contribution in [0.1, 0.15) is 53.2 Å². The highest BCUT2D eigenvalue weighted by Crippen LogP contribution is 2.40. The van der Waals surface area contributed by atoms with Gasteiger partial charge in [-0.2, -0.15) is 0 Å². The fraction of sp³-hybridized carbons (Fsp3) is 0.700. The number of halogens is 1. The van der Waals surface area contributed by atoms with E-state index in [1.807, 2.05) is 46.4 Å². The zero-order valence-electron chi connectivity index (χ0n) is 17.5. The number of hydrogen-bond acceptors (Lipinski definition) is 5. The molecule has 3 heterocycles. The molecule has 2 saturated heterocycles. The van der Waals surface area contributed by atoms with Crippen molar-refractivity contribution in [3.8, 4) is 0 Å². The molecule has 7 nitrogen and oxygen atoms in total. The summed E-state index contributed by atoms with van der Waals surface area (Å²) in [7, 11) is 0. The van der Waals surface area contributed by atoms with E-state index in [1.54, 1.807) is 6.20 Å². The molecule has 1 amide bonds. The number of hydrogen-bond donors (Lipinski definition) is 1. The number of amides is 1. The van der Waals surface area contributed by atoms with Gasteiger partial charge in [0.15, 0.2) is 17.4 Å². The minimum atomic E-state index is -0.957. The van der Waals surface area contributed by atoms with Crippen LogP contribution < -0.4 is 4.90 Å². The Bertz CT molecular complexity index is 764. The van der Waals surface area contributed by atoms with E-state index in [1.165, 1.54) is 11.0 Å². The second kappa shape index (κ2) is 6.84. The van der Waals surface area contributed by atoms with Gasteiger partial charge in [-0.1, -0.05) is 20.8 Å². The van der Waals surface area contributed by atoms with Crippen molar-refractivity contribution in [3.63, 3.8) is 0 Å². The van der Waals surface area contributed by atoms with E-state index in [0.29, 0.717) is 31.8 Å². The van der Waals surface area contributed by atoms with Crippen molar-refractivity contribution in [2.24, 2.45) is 5.41 Å². The Kier molecular flexibility index (Phi) is 5.08. The molecule has 0 bridgehead atoms. The Labute approximate surface area is 165 Å². The highest BCUT2D eigenvalue weighted by atomic mass is 19.1. The van der Waals surface area contributed by atoms with Crippen molar-refractivity contribution in [3.05, 3.63) is 23.6 Å². The van der Waals surface area contributed by atoms with Gasteiger partial charge < -0.3 is 19.5 Å². The third-order valence-corrected chi connectivity index (χ3v) is 6.06. The first-order chi connectivity index (χ1) is 12.8. The smallest absolute Gasteiger partial charge is 0.407 e. The molecule has 8 heteroatoms. The molecule has 0 unspecified atom stereocenters. The second-order valence-corrected chi connectivity index (χ2v) is 9.27. The van der Waals surface area contributed by atoms with Gasteiger partial charge in [0.05, 0.1) is 12.1 Å². The molecule has 0 saturated carbocycles. The van der Waals surface area contributed by atoms with Gasteiger partial charge in [-0.3, -0.25) is 4.90 Å². The Morgan fingerprint density at radius 2 is 2.00 bits per heavy atom. The van der Waals surface area contributed by atoms with Crippen LogP contribution in [0.3, 0.4) is 0 Å². The summed E-state index contributed by atoms with van der Waals surface area (Å²) in [4.78, 5) is 19.4. The lowest BCUT2D eigenvalue weighted by Gasteiger charge is -2.54. The maximum Gasteiger partial charge on any atom is 0.407 e. The van der Waals surface area contributed by atoms with Crippen LogP contribution in [0.25, 0.3) is 0 Å². The summed E-state index contributed by atoms with van der Waals surface area (Å²) in [6.07, 6.45) is 0.308. The Morgan fingerprint density at radius 3 is 2.50 bits per heavy atom. The lowest BCUT2D eigenvalue weighted by molar-refractivity contribution is -0.139. The molecule has 2 atom stereocenters. The number of aromatic nitrogens is 1. The predicted octanol–water partition coefficient (Wildman–Crippen LogP) is 3.65. The van der Waals surface area contributed by atoms with E-state index >= 15 is 0 Å². The summed E-state index contributed by atoms with van der Waals surface area (Å²) in [6, 6.07) is 1.44. The highest BCUT2D eigenvalue weighted by Gasteiger charge is 2.49. The quantitative estimate of drug-likeness (QED) is 0.824. The van der Waals surface area contributed by atoms with Crippen molar-refractivity contribution in [2.75, 3.05) is 31.1 Å². The van der Waals surface area contributed by atoms with Crippen LogP contribution in [0.4, 0.5) is 15.0 Å². The zero-order chi connectivity index (χ0) is 20.9. The first-order valence-electron chi connectivity index (χ1n) is 9.57. The van der Waals surface area contributed by atoms with Crippen LogP contribution in [-0.2, 0) is 9.47 Å². The molecule has 2 fully saturated rings. The molecule has 0 spiro atoms. The van der Waals surface area contributed by atoms with Crippen LogP contribution in [0, 0.1) is 11.2 Å². The predicted molar refractivity (Wildman–Crippen MR) is 103 cm³/mol. The first kappa shape index (κ1) is 20.8. The summed E-state index contributed by atoms with van der Waals surface area (Å²) in [5.41, 5.74) is -0.383. The number of anilines is 1. The molecule has 1 N–H and O–H groups in total. The standard InChI is InChI=1S/C20H30FN3O4/c1-18(2,3)20(6)12-23(7-8-24(20)17(25)26)16-14(21)9-13(10-22-16)15-11-27-19(4,5)28-15/h9-10,15H,7-8,11-12H2,1-6H3,(H,25,26)/t15-,20-/m1/s1. The number of piperazine rings is 1.